The summed E-state index contributed by atoms with van der Waals surface area (Å²) in [6, 6.07) is 2.96. The summed E-state index contributed by atoms with van der Waals surface area (Å²) < 4.78 is 19.3. The van der Waals surface area contributed by atoms with Crippen molar-refractivity contribution < 1.29 is 14.2 Å². The average molecular weight is 307 g/mol. The van der Waals surface area contributed by atoms with Crippen LogP contribution in [0.5, 0.6) is 5.75 Å². The van der Waals surface area contributed by atoms with Crippen LogP contribution in [-0.2, 0) is 12.0 Å². The van der Waals surface area contributed by atoms with E-state index in [0.29, 0.717) is 12.2 Å². The van der Waals surface area contributed by atoms with Crippen molar-refractivity contribution in [1.82, 2.24) is 4.90 Å². The van der Waals surface area contributed by atoms with Crippen molar-refractivity contribution in [3.63, 3.8) is 0 Å². The second-order valence-corrected chi connectivity index (χ2v) is 7.55. The number of hydrogen-bond donors (Lipinski definition) is 1. The number of hydrogen-bond acceptors (Lipinski definition) is 3. The Bertz CT molecular complexity index is 579. The van der Waals surface area contributed by atoms with Crippen molar-refractivity contribution in [2.45, 2.75) is 38.7 Å². The number of benzene rings is 1. The highest BCUT2D eigenvalue weighted by Gasteiger charge is 2.57. The molecule has 0 bridgehead atoms. The van der Waals surface area contributed by atoms with Crippen LogP contribution in [0.15, 0.2) is 12.1 Å². The molecule has 0 spiro atoms. The number of piperidine rings is 1. The van der Waals surface area contributed by atoms with Crippen LogP contribution in [0.4, 0.5) is 4.39 Å². The molecular formula is C18H26FNO2. The molecule has 122 valence electrons. The van der Waals surface area contributed by atoms with Gasteiger partial charge in [-0.2, -0.15) is 0 Å². The molecule has 4 heteroatoms. The predicted octanol–water partition coefficient (Wildman–Crippen LogP) is 2.95. The Kier molecular flexibility index (Phi) is 3.73. The van der Waals surface area contributed by atoms with Gasteiger partial charge in [0.2, 0.25) is 0 Å². The van der Waals surface area contributed by atoms with Gasteiger partial charge in [-0.05, 0) is 56.9 Å². The second kappa shape index (κ2) is 5.20. The summed E-state index contributed by atoms with van der Waals surface area (Å²) in [5.41, 5.74) is 0.429. The number of methoxy groups -OCH3 is 1. The number of likely N-dealkylation sites (tertiary alicyclic amines) is 1. The van der Waals surface area contributed by atoms with E-state index in [2.05, 4.69) is 25.8 Å². The molecule has 1 heterocycles. The molecule has 1 atom stereocenters. The van der Waals surface area contributed by atoms with E-state index in [1.54, 1.807) is 13.2 Å². The minimum atomic E-state index is -0.956. The number of nitrogens with zero attached hydrogens (tertiary/aromatic N) is 1. The summed E-state index contributed by atoms with van der Waals surface area (Å²) in [5, 5.41) is 11.8. The van der Waals surface area contributed by atoms with Crippen LogP contribution < -0.4 is 4.74 Å². The molecule has 0 aromatic heterocycles. The Hall–Kier alpha value is -1.13. The van der Waals surface area contributed by atoms with Gasteiger partial charge in [-0.15, -0.1) is 0 Å². The largest absolute Gasteiger partial charge is 0.496 e. The molecule has 1 aromatic carbocycles. The highest BCUT2D eigenvalue weighted by Crippen LogP contribution is 2.58. The molecule has 1 aromatic rings. The van der Waals surface area contributed by atoms with Gasteiger partial charge < -0.3 is 14.7 Å². The molecule has 3 rings (SSSR count). The maximum Gasteiger partial charge on any atom is 0.128 e. The summed E-state index contributed by atoms with van der Waals surface area (Å²) in [7, 11) is 3.67. The first-order chi connectivity index (χ1) is 10.3. The fourth-order valence-corrected chi connectivity index (χ4v) is 4.50. The first kappa shape index (κ1) is 15.8. The van der Waals surface area contributed by atoms with Crippen molar-refractivity contribution in [2.75, 3.05) is 27.2 Å². The second-order valence-electron chi connectivity index (χ2n) is 7.55. The minimum Gasteiger partial charge on any atom is -0.496 e. The molecule has 2 aliphatic rings. The Balaban J connectivity index is 2.11. The summed E-state index contributed by atoms with van der Waals surface area (Å²) in [5.74, 6) is 0.375. The molecule has 1 saturated heterocycles. The van der Waals surface area contributed by atoms with E-state index in [-0.39, 0.29) is 17.2 Å². The monoisotopic (exact) mass is 307 g/mol. The smallest absolute Gasteiger partial charge is 0.128 e. The molecule has 1 unspecified atom stereocenters. The Labute approximate surface area is 132 Å². The van der Waals surface area contributed by atoms with E-state index in [1.165, 1.54) is 6.07 Å². The van der Waals surface area contributed by atoms with Gasteiger partial charge in [0.05, 0.1) is 7.11 Å². The molecule has 0 amide bonds. The molecule has 1 aliphatic heterocycles. The number of aliphatic hydroxyl groups is 1. The lowest BCUT2D eigenvalue weighted by Crippen LogP contribution is -2.49. The highest BCUT2D eigenvalue weighted by atomic mass is 19.1. The van der Waals surface area contributed by atoms with Gasteiger partial charge in [0.25, 0.3) is 0 Å². The maximum absolute atomic E-state index is 13.8. The first-order valence-corrected chi connectivity index (χ1v) is 8.07. The molecule has 0 radical (unpaired) electrons. The summed E-state index contributed by atoms with van der Waals surface area (Å²) in [6.45, 7) is 6.15. The molecule has 22 heavy (non-hydrogen) atoms. The van der Waals surface area contributed by atoms with Crippen LogP contribution in [0.3, 0.4) is 0 Å². The van der Waals surface area contributed by atoms with Gasteiger partial charge in [-0.25, -0.2) is 4.39 Å². The van der Waals surface area contributed by atoms with E-state index < -0.39 is 5.60 Å². The van der Waals surface area contributed by atoms with E-state index in [9.17, 15) is 9.50 Å². The van der Waals surface area contributed by atoms with Gasteiger partial charge in [0, 0.05) is 17.0 Å². The van der Waals surface area contributed by atoms with Crippen LogP contribution in [0.25, 0.3) is 0 Å². The fraction of sp³-hybridized carbons (Fsp3) is 0.667. The van der Waals surface area contributed by atoms with Crippen molar-refractivity contribution in [3.05, 3.63) is 29.1 Å². The Morgan fingerprint density at radius 1 is 1.27 bits per heavy atom. The zero-order valence-electron chi connectivity index (χ0n) is 13.9. The lowest BCUT2D eigenvalue weighted by Gasteiger charge is -2.46. The molecule has 1 fully saturated rings. The fourth-order valence-electron chi connectivity index (χ4n) is 4.50. The van der Waals surface area contributed by atoms with Gasteiger partial charge in [-0.3, -0.25) is 0 Å². The highest BCUT2D eigenvalue weighted by molar-refractivity contribution is 5.51. The number of halogens is 1. The quantitative estimate of drug-likeness (QED) is 0.912. The zero-order valence-corrected chi connectivity index (χ0v) is 13.9. The van der Waals surface area contributed by atoms with Crippen molar-refractivity contribution in [1.29, 1.82) is 0 Å². The summed E-state index contributed by atoms with van der Waals surface area (Å²) >= 11 is 0. The van der Waals surface area contributed by atoms with Crippen LogP contribution >= 0.6 is 0 Å². The van der Waals surface area contributed by atoms with Crippen LogP contribution in [0.2, 0.25) is 0 Å². The van der Waals surface area contributed by atoms with Crippen LogP contribution in [0, 0.1) is 17.2 Å². The lowest BCUT2D eigenvalue weighted by atomic mass is 9.65. The molecule has 1 N–H and O–H groups in total. The molecule has 0 saturated carbocycles. The van der Waals surface area contributed by atoms with Gasteiger partial charge in [-0.1, -0.05) is 13.8 Å². The Morgan fingerprint density at radius 3 is 2.50 bits per heavy atom. The first-order valence-electron chi connectivity index (χ1n) is 8.07. The Morgan fingerprint density at radius 2 is 1.91 bits per heavy atom. The topological polar surface area (TPSA) is 32.7 Å². The number of fused-ring (bicyclic) bond motifs is 1. The van der Waals surface area contributed by atoms with E-state index in [0.717, 1.165) is 37.1 Å². The SMILES string of the molecule is COc1cc(F)cc2c1C(O)(C1CCN(C)CC1)C(C)(C)C2. The van der Waals surface area contributed by atoms with Crippen molar-refractivity contribution >= 4 is 0 Å². The van der Waals surface area contributed by atoms with Gasteiger partial charge in [0.15, 0.2) is 0 Å². The molecular weight excluding hydrogens is 281 g/mol. The normalized spacial score (nSPS) is 28.6. The number of ether oxygens (including phenoxy) is 1. The minimum absolute atomic E-state index is 0.180. The standard InChI is InChI=1S/C18H26FNO2/c1-17(2)11-12-9-14(19)10-15(22-4)16(12)18(17,21)13-5-7-20(3)8-6-13/h9-10,13,21H,5-8,11H2,1-4H3. The summed E-state index contributed by atoms with van der Waals surface area (Å²) in [4.78, 5) is 2.30. The lowest BCUT2D eigenvalue weighted by molar-refractivity contribution is -0.122. The van der Waals surface area contributed by atoms with Crippen LogP contribution in [-0.4, -0.2) is 37.3 Å². The van der Waals surface area contributed by atoms with Gasteiger partial charge in [0.1, 0.15) is 17.2 Å². The van der Waals surface area contributed by atoms with Crippen molar-refractivity contribution in [2.24, 2.45) is 11.3 Å². The van der Waals surface area contributed by atoms with Crippen LogP contribution in [0.1, 0.15) is 37.8 Å². The van der Waals surface area contributed by atoms with E-state index in [1.807, 2.05) is 0 Å². The third-order valence-corrected chi connectivity index (χ3v) is 5.72. The molecule has 3 nitrogen and oxygen atoms in total. The zero-order chi connectivity index (χ0) is 16.1. The predicted molar refractivity (Wildman–Crippen MR) is 84.6 cm³/mol. The average Bonchev–Trinajstić information content (AvgIpc) is 2.66. The van der Waals surface area contributed by atoms with E-state index >= 15 is 0 Å². The summed E-state index contributed by atoms with van der Waals surface area (Å²) in [6.07, 6.45) is 2.59. The molecule has 1 aliphatic carbocycles. The third kappa shape index (κ3) is 2.16. The van der Waals surface area contributed by atoms with Gasteiger partial charge >= 0.3 is 0 Å². The van der Waals surface area contributed by atoms with E-state index in [4.69, 9.17) is 4.74 Å². The van der Waals surface area contributed by atoms with Crippen molar-refractivity contribution in [3.8, 4) is 5.75 Å². The number of rotatable bonds is 2. The third-order valence-electron chi connectivity index (χ3n) is 5.72. The maximum atomic E-state index is 13.8.